The summed E-state index contributed by atoms with van der Waals surface area (Å²) in [6.07, 6.45) is 1.56. The Bertz CT molecular complexity index is 729. The summed E-state index contributed by atoms with van der Waals surface area (Å²) in [7, 11) is 0. The van der Waals surface area contributed by atoms with Crippen LogP contribution in [0.25, 0.3) is 0 Å². The zero-order chi connectivity index (χ0) is 17.2. The molecule has 2 aromatic rings. The molecule has 0 saturated carbocycles. The van der Waals surface area contributed by atoms with Crippen LogP contribution in [0.3, 0.4) is 0 Å². The topological polar surface area (TPSA) is 81.2 Å². The van der Waals surface area contributed by atoms with Gasteiger partial charge in [-0.05, 0) is 13.8 Å². The Balaban J connectivity index is 2.13. The standard InChI is InChI=1S/C15H19N3O3S2/c1-6-21-12(20)10-8(2)17-14(23-10)18-11(19)9-7-16-13(22-9)15(3,4)5/h7H,6H2,1-5H3,(H,17,18,19). The van der Waals surface area contributed by atoms with E-state index in [2.05, 4.69) is 15.3 Å². The first-order chi connectivity index (χ1) is 10.7. The van der Waals surface area contributed by atoms with Crippen LogP contribution in [0.1, 0.15) is 57.7 Å². The zero-order valence-corrected chi connectivity index (χ0v) is 15.4. The van der Waals surface area contributed by atoms with Gasteiger partial charge in [0.1, 0.15) is 9.75 Å². The number of carbonyl (C=O) groups excluding carboxylic acids is 2. The zero-order valence-electron chi connectivity index (χ0n) is 13.7. The van der Waals surface area contributed by atoms with Crippen molar-refractivity contribution in [1.82, 2.24) is 9.97 Å². The first kappa shape index (κ1) is 17.6. The molecule has 0 radical (unpaired) electrons. The van der Waals surface area contributed by atoms with Gasteiger partial charge in [0, 0.05) is 5.41 Å². The lowest BCUT2D eigenvalue weighted by Gasteiger charge is -2.13. The van der Waals surface area contributed by atoms with E-state index in [1.807, 2.05) is 20.8 Å². The molecule has 0 aliphatic heterocycles. The summed E-state index contributed by atoms with van der Waals surface area (Å²) in [5.74, 6) is -0.696. The average molecular weight is 353 g/mol. The second-order valence-electron chi connectivity index (χ2n) is 5.89. The van der Waals surface area contributed by atoms with Gasteiger partial charge >= 0.3 is 5.97 Å². The van der Waals surface area contributed by atoms with Crippen molar-refractivity contribution in [3.8, 4) is 0 Å². The smallest absolute Gasteiger partial charge is 0.350 e. The van der Waals surface area contributed by atoms with Gasteiger partial charge in [-0.25, -0.2) is 14.8 Å². The fourth-order valence-electron chi connectivity index (χ4n) is 1.72. The van der Waals surface area contributed by atoms with Gasteiger partial charge in [0.15, 0.2) is 5.13 Å². The van der Waals surface area contributed by atoms with Gasteiger partial charge in [-0.3, -0.25) is 10.1 Å². The van der Waals surface area contributed by atoms with Gasteiger partial charge in [-0.2, -0.15) is 0 Å². The summed E-state index contributed by atoms with van der Waals surface area (Å²) in [5.41, 5.74) is 0.446. The Morgan fingerprint density at radius 2 is 2.00 bits per heavy atom. The third kappa shape index (κ3) is 4.14. The van der Waals surface area contributed by atoms with E-state index in [0.717, 1.165) is 16.3 Å². The largest absolute Gasteiger partial charge is 0.462 e. The predicted molar refractivity (Wildman–Crippen MR) is 91.6 cm³/mol. The first-order valence-electron chi connectivity index (χ1n) is 7.14. The van der Waals surface area contributed by atoms with Crippen molar-refractivity contribution >= 4 is 39.7 Å². The molecule has 1 N–H and O–H groups in total. The lowest BCUT2D eigenvalue weighted by molar-refractivity contribution is 0.0531. The van der Waals surface area contributed by atoms with Crippen molar-refractivity contribution in [2.45, 2.75) is 40.0 Å². The molecule has 6 nitrogen and oxygen atoms in total. The van der Waals surface area contributed by atoms with Crippen LogP contribution in [0.2, 0.25) is 0 Å². The molecule has 0 unspecified atom stereocenters. The van der Waals surface area contributed by atoms with Crippen LogP contribution in [0, 0.1) is 6.92 Å². The number of nitrogens with one attached hydrogen (secondary N) is 1. The summed E-state index contributed by atoms with van der Waals surface area (Å²) < 4.78 is 4.96. The second-order valence-corrected chi connectivity index (χ2v) is 7.92. The third-order valence-corrected chi connectivity index (χ3v) is 5.32. The highest BCUT2D eigenvalue weighted by atomic mass is 32.1. The molecule has 0 saturated heterocycles. The molecule has 1 amide bonds. The summed E-state index contributed by atoms with van der Waals surface area (Å²) in [5, 5.41) is 3.98. The van der Waals surface area contributed by atoms with Crippen molar-refractivity contribution in [2.75, 3.05) is 11.9 Å². The SMILES string of the molecule is CCOC(=O)c1sc(NC(=O)c2cnc(C(C)(C)C)s2)nc1C. The van der Waals surface area contributed by atoms with Crippen molar-refractivity contribution in [3.05, 3.63) is 26.7 Å². The number of esters is 1. The number of thiazole rings is 2. The molecule has 0 fully saturated rings. The molecule has 8 heteroatoms. The molecule has 0 bridgehead atoms. The molecule has 124 valence electrons. The molecule has 0 aromatic carbocycles. The lowest BCUT2D eigenvalue weighted by atomic mass is 9.98. The molecule has 2 aromatic heterocycles. The quantitative estimate of drug-likeness (QED) is 0.849. The van der Waals surface area contributed by atoms with Crippen LogP contribution in [0.5, 0.6) is 0 Å². The van der Waals surface area contributed by atoms with Crippen LogP contribution in [-0.2, 0) is 10.2 Å². The number of hydrogen-bond acceptors (Lipinski definition) is 7. The Kier molecular flexibility index (Phi) is 5.16. The number of carbonyl (C=O) groups is 2. The summed E-state index contributed by atoms with van der Waals surface area (Å²) in [4.78, 5) is 33.5. The number of aryl methyl sites for hydroxylation is 1. The number of rotatable bonds is 4. The second kappa shape index (κ2) is 6.76. The fraction of sp³-hybridized carbons (Fsp3) is 0.467. The molecule has 23 heavy (non-hydrogen) atoms. The minimum Gasteiger partial charge on any atom is -0.462 e. The van der Waals surface area contributed by atoms with Crippen molar-refractivity contribution in [1.29, 1.82) is 0 Å². The normalized spacial score (nSPS) is 11.3. The fourth-order valence-corrected chi connectivity index (χ4v) is 3.44. The molecule has 0 spiro atoms. The van der Waals surface area contributed by atoms with E-state index >= 15 is 0 Å². The number of anilines is 1. The minimum absolute atomic E-state index is 0.0992. The van der Waals surface area contributed by atoms with E-state index in [1.165, 1.54) is 11.3 Å². The number of hydrogen-bond donors (Lipinski definition) is 1. The number of amides is 1. The van der Waals surface area contributed by atoms with Crippen LogP contribution < -0.4 is 5.32 Å². The number of ether oxygens (including phenoxy) is 1. The van der Waals surface area contributed by atoms with E-state index < -0.39 is 5.97 Å². The van der Waals surface area contributed by atoms with Gasteiger partial charge in [-0.15, -0.1) is 11.3 Å². The highest BCUT2D eigenvalue weighted by molar-refractivity contribution is 7.18. The first-order valence-corrected chi connectivity index (χ1v) is 8.78. The van der Waals surface area contributed by atoms with Gasteiger partial charge in [0.2, 0.25) is 0 Å². The van der Waals surface area contributed by atoms with E-state index in [-0.39, 0.29) is 11.3 Å². The Morgan fingerprint density at radius 3 is 2.57 bits per heavy atom. The van der Waals surface area contributed by atoms with Gasteiger partial charge in [0.05, 0.1) is 23.5 Å². The van der Waals surface area contributed by atoms with E-state index in [0.29, 0.717) is 27.2 Å². The molecule has 2 rings (SSSR count). The molecule has 2 heterocycles. The van der Waals surface area contributed by atoms with Crippen molar-refractivity contribution in [3.63, 3.8) is 0 Å². The van der Waals surface area contributed by atoms with Crippen molar-refractivity contribution < 1.29 is 14.3 Å². The van der Waals surface area contributed by atoms with E-state index in [1.54, 1.807) is 20.0 Å². The van der Waals surface area contributed by atoms with Crippen LogP contribution in [-0.4, -0.2) is 28.5 Å². The predicted octanol–water partition coefficient (Wildman–Crippen LogP) is 3.63. The molecule has 0 aliphatic carbocycles. The molecule has 0 atom stereocenters. The monoisotopic (exact) mass is 353 g/mol. The highest BCUT2D eigenvalue weighted by Crippen LogP contribution is 2.28. The highest BCUT2D eigenvalue weighted by Gasteiger charge is 2.22. The van der Waals surface area contributed by atoms with Gasteiger partial charge in [0.25, 0.3) is 5.91 Å². The van der Waals surface area contributed by atoms with Crippen molar-refractivity contribution in [2.24, 2.45) is 0 Å². The molecular weight excluding hydrogens is 334 g/mol. The van der Waals surface area contributed by atoms with Gasteiger partial charge < -0.3 is 4.74 Å². The van der Waals surface area contributed by atoms with Crippen LogP contribution in [0.15, 0.2) is 6.20 Å². The third-order valence-electron chi connectivity index (χ3n) is 2.85. The maximum absolute atomic E-state index is 12.3. The Labute approximate surface area is 142 Å². The van der Waals surface area contributed by atoms with Crippen LogP contribution >= 0.6 is 22.7 Å². The maximum atomic E-state index is 12.3. The average Bonchev–Trinajstić information content (AvgIpc) is 3.05. The molecular formula is C15H19N3O3S2. The van der Waals surface area contributed by atoms with E-state index in [9.17, 15) is 9.59 Å². The van der Waals surface area contributed by atoms with Crippen LogP contribution in [0.4, 0.5) is 5.13 Å². The van der Waals surface area contributed by atoms with E-state index in [4.69, 9.17) is 4.74 Å². The number of aromatic nitrogens is 2. The Hall–Kier alpha value is -1.80. The molecule has 0 aliphatic rings. The summed E-state index contributed by atoms with van der Waals surface area (Å²) in [6, 6.07) is 0. The number of nitrogens with zero attached hydrogens (tertiary/aromatic N) is 2. The lowest BCUT2D eigenvalue weighted by Crippen LogP contribution is -2.10. The summed E-state index contributed by atoms with van der Waals surface area (Å²) in [6.45, 7) is 9.89. The Morgan fingerprint density at radius 1 is 1.30 bits per heavy atom. The maximum Gasteiger partial charge on any atom is 0.350 e. The minimum atomic E-state index is -0.421. The summed E-state index contributed by atoms with van der Waals surface area (Å²) >= 11 is 2.46. The van der Waals surface area contributed by atoms with Gasteiger partial charge in [-0.1, -0.05) is 32.1 Å².